The van der Waals surface area contributed by atoms with Gasteiger partial charge in [0, 0.05) is 11.3 Å². The average molecular weight is 271 g/mol. The minimum absolute atomic E-state index is 0.374. The molecule has 0 radical (unpaired) electrons. The van der Waals surface area contributed by atoms with Crippen LogP contribution in [0.1, 0.15) is 44.7 Å². The first-order valence-corrected chi connectivity index (χ1v) is 7.11. The van der Waals surface area contributed by atoms with Crippen molar-refractivity contribution in [3.8, 4) is 11.4 Å². The van der Waals surface area contributed by atoms with Gasteiger partial charge in [-0.25, -0.2) is 4.68 Å². The van der Waals surface area contributed by atoms with E-state index in [1.165, 1.54) is 6.42 Å². The second kappa shape index (κ2) is 4.58. The van der Waals surface area contributed by atoms with Crippen molar-refractivity contribution < 1.29 is 0 Å². The topological polar surface area (TPSA) is 69.6 Å². The Morgan fingerprint density at radius 1 is 1.35 bits per heavy atom. The van der Waals surface area contributed by atoms with Crippen LogP contribution in [0.5, 0.6) is 0 Å². The monoisotopic (exact) mass is 271 g/mol. The molecule has 106 valence electrons. The van der Waals surface area contributed by atoms with Crippen LogP contribution in [0.4, 0.5) is 5.69 Å². The summed E-state index contributed by atoms with van der Waals surface area (Å²) in [6.45, 7) is 6.63. The fourth-order valence-electron chi connectivity index (χ4n) is 3.12. The highest BCUT2D eigenvalue weighted by molar-refractivity contribution is 5.67. The molecule has 0 aliphatic heterocycles. The van der Waals surface area contributed by atoms with Crippen LogP contribution in [-0.2, 0) is 0 Å². The van der Waals surface area contributed by atoms with E-state index in [0.717, 1.165) is 35.5 Å². The molecule has 0 spiro atoms. The molecule has 1 aliphatic rings. The van der Waals surface area contributed by atoms with Crippen molar-refractivity contribution in [1.29, 1.82) is 0 Å². The molecule has 3 rings (SSSR count). The summed E-state index contributed by atoms with van der Waals surface area (Å²) in [7, 11) is 0. The molecular weight excluding hydrogens is 250 g/mol. The summed E-state index contributed by atoms with van der Waals surface area (Å²) in [5, 5.41) is 12.3. The lowest BCUT2D eigenvalue weighted by Gasteiger charge is -2.18. The molecule has 20 heavy (non-hydrogen) atoms. The molecule has 0 saturated heterocycles. The van der Waals surface area contributed by atoms with Crippen molar-refractivity contribution in [2.75, 3.05) is 5.73 Å². The van der Waals surface area contributed by atoms with E-state index < -0.39 is 0 Å². The lowest BCUT2D eigenvalue weighted by molar-refractivity contribution is 0.349. The van der Waals surface area contributed by atoms with Crippen LogP contribution in [0.15, 0.2) is 18.2 Å². The fraction of sp³-hybridized carbons (Fsp3) is 0.533. The van der Waals surface area contributed by atoms with Gasteiger partial charge in [0.1, 0.15) is 0 Å². The van der Waals surface area contributed by atoms with Crippen molar-refractivity contribution in [2.45, 2.75) is 46.1 Å². The Bertz CT molecular complexity index is 629. The Kier molecular flexibility index (Phi) is 3.00. The molecule has 1 fully saturated rings. The predicted octanol–water partition coefficient (Wildman–Crippen LogP) is 2.98. The number of nitrogens with zero attached hydrogens (tertiary/aromatic N) is 4. The average Bonchev–Trinajstić information content (AvgIpc) is 2.99. The van der Waals surface area contributed by atoms with Crippen molar-refractivity contribution in [3.63, 3.8) is 0 Å². The summed E-state index contributed by atoms with van der Waals surface area (Å²) in [5.74, 6) is 0.831. The standard InChI is InChI=1S/C15H21N5/c1-10-12(5-4-6-13(10)16)14-17-18-19-20(14)11-7-8-15(2,3)9-11/h4-6,11H,7-9,16H2,1-3H3. The van der Waals surface area contributed by atoms with E-state index in [9.17, 15) is 0 Å². The minimum atomic E-state index is 0.374. The van der Waals surface area contributed by atoms with E-state index in [1.807, 2.05) is 29.8 Å². The van der Waals surface area contributed by atoms with E-state index in [1.54, 1.807) is 0 Å². The van der Waals surface area contributed by atoms with E-state index in [4.69, 9.17) is 5.73 Å². The highest BCUT2D eigenvalue weighted by Crippen LogP contribution is 2.44. The van der Waals surface area contributed by atoms with Crippen molar-refractivity contribution in [1.82, 2.24) is 20.2 Å². The van der Waals surface area contributed by atoms with Crippen LogP contribution in [-0.4, -0.2) is 20.2 Å². The van der Waals surface area contributed by atoms with Crippen LogP contribution in [0.3, 0.4) is 0 Å². The predicted molar refractivity (Wildman–Crippen MR) is 79.1 cm³/mol. The van der Waals surface area contributed by atoms with Gasteiger partial charge in [0.25, 0.3) is 0 Å². The largest absolute Gasteiger partial charge is 0.398 e. The van der Waals surface area contributed by atoms with Gasteiger partial charge in [-0.3, -0.25) is 0 Å². The van der Waals surface area contributed by atoms with Gasteiger partial charge < -0.3 is 5.73 Å². The third-order valence-electron chi connectivity index (χ3n) is 4.40. The molecule has 5 heteroatoms. The molecule has 1 atom stereocenters. The second-order valence-corrected chi connectivity index (χ2v) is 6.53. The number of anilines is 1. The zero-order valence-electron chi connectivity index (χ0n) is 12.3. The maximum atomic E-state index is 6.00. The van der Waals surface area contributed by atoms with E-state index >= 15 is 0 Å². The summed E-state index contributed by atoms with van der Waals surface area (Å²) < 4.78 is 1.98. The molecular formula is C15H21N5. The Labute approximate surface area is 119 Å². The Morgan fingerprint density at radius 2 is 2.15 bits per heavy atom. The Balaban J connectivity index is 2.01. The van der Waals surface area contributed by atoms with Gasteiger partial charge in [-0.05, 0) is 53.7 Å². The SMILES string of the molecule is Cc1c(N)cccc1-c1nnnn1C1CCC(C)(C)C1. The molecule has 2 N–H and O–H groups in total. The van der Waals surface area contributed by atoms with Crippen LogP contribution in [0, 0.1) is 12.3 Å². The molecule has 1 unspecified atom stereocenters. The van der Waals surface area contributed by atoms with Gasteiger partial charge in [0.2, 0.25) is 0 Å². The quantitative estimate of drug-likeness (QED) is 0.852. The molecule has 0 bridgehead atoms. The minimum Gasteiger partial charge on any atom is -0.398 e. The van der Waals surface area contributed by atoms with Crippen LogP contribution in [0.25, 0.3) is 11.4 Å². The molecule has 1 aliphatic carbocycles. The zero-order chi connectivity index (χ0) is 14.3. The number of hydrogen-bond acceptors (Lipinski definition) is 4. The fourth-order valence-corrected chi connectivity index (χ4v) is 3.12. The van der Waals surface area contributed by atoms with Gasteiger partial charge in [0.05, 0.1) is 6.04 Å². The summed E-state index contributed by atoms with van der Waals surface area (Å²) >= 11 is 0. The maximum Gasteiger partial charge on any atom is 0.182 e. The van der Waals surface area contributed by atoms with Gasteiger partial charge in [0.15, 0.2) is 5.82 Å². The third-order valence-corrected chi connectivity index (χ3v) is 4.40. The summed E-state index contributed by atoms with van der Waals surface area (Å²) in [6.07, 6.45) is 3.46. The van der Waals surface area contributed by atoms with Crippen molar-refractivity contribution >= 4 is 5.69 Å². The van der Waals surface area contributed by atoms with Crippen LogP contribution >= 0.6 is 0 Å². The van der Waals surface area contributed by atoms with E-state index in [2.05, 4.69) is 29.4 Å². The van der Waals surface area contributed by atoms with Gasteiger partial charge in [-0.1, -0.05) is 26.0 Å². The van der Waals surface area contributed by atoms with Gasteiger partial charge >= 0.3 is 0 Å². The molecule has 1 aromatic carbocycles. The molecule has 1 aromatic heterocycles. The first kappa shape index (κ1) is 13.1. The lowest BCUT2D eigenvalue weighted by Crippen LogP contribution is -2.12. The first-order valence-electron chi connectivity index (χ1n) is 7.11. The highest BCUT2D eigenvalue weighted by Gasteiger charge is 2.34. The number of hydrogen-bond donors (Lipinski definition) is 1. The summed E-state index contributed by atoms with van der Waals surface area (Å²) in [5.41, 5.74) is 9.22. The van der Waals surface area contributed by atoms with Crippen LogP contribution < -0.4 is 5.73 Å². The number of nitrogen functional groups attached to an aromatic ring is 1. The summed E-state index contributed by atoms with van der Waals surface area (Å²) in [4.78, 5) is 0. The van der Waals surface area contributed by atoms with Crippen molar-refractivity contribution in [2.24, 2.45) is 5.41 Å². The van der Waals surface area contributed by atoms with E-state index in [0.29, 0.717) is 11.5 Å². The van der Waals surface area contributed by atoms with Gasteiger partial charge in [-0.2, -0.15) is 0 Å². The number of aromatic nitrogens is 4. The molecule has 5 nitrogen and oxygen atoms in total. The zero-order valence-corrected chi connectivity index (χ0v) is 12.3. The smallest absolute Gasteiger partial charge is 0.182 e. The lowest BCUT2D eigenvalue weighted by atomic mass is 9.92. The first-order chi connectivity index (χ1) is 9.48. The highest BCUT2D eigenvalue weighted by atomic mass is 15.5. The normalized spacial score (nSPS) is 21.2. The Hall–Kier alpha value is -1.91. The number of benzene rings is 1. The van der Waals surface area contributed by atoms with Gasteiger partial charge in [-0.15, -0.1) is 5.10 Å². The molecule has 2 aromatic rings. The number of rotatable bonds is 2. The molecule has 1 heterocycles. The molecule has 1 saturated carbocycles. The molecule has 0 amide bonds. The summed E-state index contributed by atoms with van der Waals surface area (Å²) in [6, 6.07) is 6.28. The van der Waals surface area contributed by atoms with Crippen molar-refractivity contribution in [3.05, 3.63) is 23.8 Å². The van der Waals surface area contributed by atoms with E-state index in [-0.39, 0.29) is 0 Å². The van der Waals surface area contributed by atoms with Crippen LogP contribution in [0.2, 0.25) is 0 Å². The number of tetrazole rings is 1. The second-order valence-electron chi connectivity index (χ2n) is 6.53. The third kappa shape index (κ3) is 2.17. The Morgan fingerprint density at radius 3 is 2.85 bits per heavy atom. The maximum absolute atomic E-state index is 6.00. The number of nitrogens with two attached hydrogens (primary N) is 1.